The second-order valence-electron chi connectivity index (χ2n) is 3.37. The van der Waals surface area contributed by atoms with Crippen molar-refractivity contribution < 1.29 is 0 Å². The van der Waals surface area contributed by atoms with Crippen LogP contribution in [-0.4, -0.2) is 10.2 Å². The van der Waals surface area contributed by atoms with Crippen LogP contribution < -0.4 is 5.32 Å². The van der Waals surface area contributed by atoms with E-state index in [1.165, 1.54) is 0 Å². The van der Waals surface area contributed by atoms with Crippen molar-refractivity contribution in [3.05, 3.63) is 46.7 Å². The molecule has 2 N–H and O–H groups in total. The van der Waals surface area contributed by atoms with Gasteiger partial charge in [-0.1, -0.05) is 23.7 Å². The lowest BCUT2D eigenvalue weighted by molar-refractivity contribution is 0.981. The maximum atomic E-state index is 6.15. The number of halogens is 1. The molecule has 4 heteroatoms. The van der Waals surface area contributed by atoms with Gasteiger partial charge in [-0.3, -0.25) is 5.10 Å². The van der Waals surface area contributed by atoms with E-state index in [0.29, 0.717) is 6.54 Å². The third-order valence-corrected chi connectivity index (χ3v) is 2.72. The topological polar surface area (TPSA) is 40.7 Å². The van der Waals surface area contributed by atoms with E-state index >= 15 is 0 Å². The van der Waals surface area contributed by atoms with Gasteiger partial charge in [-0.25, -0.2) is 0 Å². The summed E-state index contributed by atoms with van der Waals surface area (Å²) in [6, 6.07) is 7.86. The Bertz CT molecular complexity index is 437. The van der Waals surface area contributed by atoms with E-state index in [1.807, 2.05) is 31.2 Å². The largest absolute Gasteiger partial charge is 0.378 e. The van der Waals surface area contributed by atoms with Crippen LogP contribution in [0.5, 0.6) is 0 Å². The van der Waals surface area contributed by atoms with Gasteiger partial charge in [0, 0.05) is 6.20 Å². The molecule has 0 aliphatic carbocycles. The zero-order valence-electron chi connectivity index (χ0n) is 8.42. The number of aromatic amines is 1. The molecule has 1 aromatic carbocycles. The molecular weight excluding hydrogens is 210 g/mol. The summed E-state index contributed by atoms with van der Waals surface area (Å²) in [5.41, 5.74) is 3.06. The van der Waals surface area contributed by atoms with Crippen molar-refractivity contribution in [2.75, 3.05) is 5.32 Å². The molecule has 0 fully saturated rings. The van der Waals surface area contributed by atoms with Gasteiger partial charge < -0.3 is 5.32 Å². The SMILES string of the molecule is Cc1cccc(NCc2ccn[nH]2)c1Cl. The maximum Gasteiger partial charge on any atom is 0.0666 e. The zero-order valence-corrected chi connectivity index (χ0v) is 9.17. The first-order chi connectivity index (χ1) is 7.27. The van der Waals surface area contributed by atoms with Crippen LogP contribution in [0.4, 0.5) is 5.69 Å². The molecule has 1 heterocycles. The quantitative estimate of drug-likeness (QED) is 0.837. The van der Waals surface area contributed by atoms with Gasteiger partial charge >= 0.3 is 0 Å². The molecule has 0 aliphatic rings. The number of rotatable bonds is 3. The fourth-order valence-electron chi connectivity index (χ4n) is 1.36. The fourth-order valence-corrected chi connectivity index (χ4v) is 1.55. The average Bonchev–Trinajstić information content (AvgIpc) is 2.73. The van der Waals surface area contributed by atoms with E-state index in [2.05, 4.69) is 15.5 Å². The van der Waals surface area contributed by atoms with E-state index in [0.717, 1.165) is 22.0 Å². The van der Waals surface area contributed by atoms with Gasteiger partial charge in [0.2, 0.25) is 0 Å². The van der Waals surface area contributed by atoms with Crippen molar-refractivity contribution in [2.24, 2.45) is 0 Å². The Balaban J connectivity index is 2.08. The Hall–Kier alpha value is -1.48. The summed E-state index contributed by atoms with van der Waals surface area (Å²) < 4.78 is 0. The summed E-state index contributed by atoms with van der Waals surface area (Å²) >= 11 is 6.15. The molecular formula is C11H12ClN3. The summed E-state index contributed by atoms with van der Waals surface area (Å²) in [6.07, 6.45) is 1.73. The van der Waals surface area contributed by atoms with Gasteiger partial charge in [0.15, 0.2) is 0 Å². The van der Waals surface area contributed by atoms with E-state index in [9.17, 15) is 0 Å². The first-order valence-electron chi connectivity index (χ1n) is 4.74. The number of benzene rings is 1. The summed E-state index contributed by atoms with van der Waals surface area (Å²) in [5, 5.41) is 10.8. The number of aromatic nitrogens is 2. The minimum absolute atomic E-state index is 0.698. The smallest absolute Gasteiger partial charge is 0.0666 e. The molecule has 15 heavy (non-hydrogen) atoms. The van der Waals surface area contributed by atoms with Crippen LogP contribution in [0.1, 0.15) is 11.3 Å². The van der Waals surface area contributed by atoms with Crippen LogP contribution in [0, 0.1) is 6.92 Å². The van der Waals surface area contributed by atoms with Gasteiger partial charge in [-0.2, -0.15) is 5.10 Å². The zero-order chi connectivity index (χ0) is 10.7. The predicted molar refractivity (Wildman–Crippen MR) is 62.1 cm³/mol. The molecule has 2 rings (SSSR count). The number of anilines is 1. The van der Waals surface area contributed by atoms with Gasteiger partial charge in [0.05, 0.1) is 22.9 Å². The van der Waals surface area contributed by atoms with Gasteiger partial charge in [-0.05, 0) is 24.6 Å². The molecule has 78 valence electrons. The number of nitrogens with one attached hydrogen (secondary N) is 2. The molecule has 0 atom stereocenters. The lowest BCUT2D eigenvalue weighted by Crippen LogP contribution is -2.00. The second-order valence-corrected chi connectivity index (χ2v) is 3.75. The van der Waals surface area contributed by atoms with Crippen LogP contribution >= 0.6 is 11.6 Å². The summed E-state index contributed by atoms with van der Waals surface area (Å²) in [6.45, 7) is 2.69. The van der Waals surface area contributed by atoms with Crippen LogP contribution in [0.15, 0.2) is 30.5 Å². The highest BCUT2D eigenvalue weighted by Gasteiger charge is 2.02. The molecule has 3 nitrogen and oxygen atoms in total. The van der Waals surface area contributed by atoms with Gasteiger partial charge in [-0.15, -0.1) is 0 Å². The van der Waals surface area contributed by atoms with Crippen LogP contribution in [0.3, 0.4) is 0 Å². The highest BCUT2D eigenvalue weighted by Crippen LogP contribution is 2.25. The third-order valence-electron chi connectivity index (χ3n) is 2.22. The molecule has 0 bridgehead atoms. The summed E-state index contributed by atoms with van der Waals surface area (Å²) in [5.74, 6) is 0. The van der Waals surface area contributed by atoms with Crippen molar-refractivity contribution in [1.82, 2.24) is 10.2 Å². The Morgan fingerprint density at radius 2 is 2.27 bits per heavy atom. The molecule has 0 aliphatic heterocycles. The summed E-state index contributed by atoms with van der Waals surface area (Å²) in [4.78, 5) is 0. The molecule has 1 aromatic heterocycles. The molecule has 0 amide bonds. The van der Waals surface area contributed by atoms with E-state index in [4.69, 9.17) is 11.6 Å². The first kappa shape index (κ1) is 10.1. The van der Waals surface area contributed by atoms with E-state index in [-0.39, 0.29) is 0 Å². The number of H-pyrrole nitrogens is 1. The van der Waals surface area contributed by atoms with Crippen LogP contribution in [0.25, 0.3) is 0 Å². The van der Waals surface area contributed by atoms with Crippen molar-refractivity contribution in [3.8, 4) is 0 Å². The van der Waals surface area contributed by atoms with Crippen molar-refractivity contribution in [1.29, 1.82) is 0 Å². The lowest BCUT2D eigenvalue weighted by Gasteiger charge is -2.08. The third kappa shape index (κ3) is 2.30. The maximum absolute atomic E-state index is 6.15. The number of hydrogen-bond donors (Lipinski definition) is 2. The normalized spacial score (nSPS) is 10.3. The number of aryl methyl sites for hydroxylation is 1. The monoisotopic (exact) mass is 221 g/mol. The number of nitrogens with zero attached hydrogens (tertiary/aromatic N) is 1. The van der Waals surface area contributed by atoms with Gasteiger partial charge in [0.25, 0.3) is 0 Å². The van der Waals surface area contributed by atoms with Crippen LogP contribution in [0.2, 0.25) is 5.02 Å². The molecule has 0 spiro atoms. The Morgan fingerprint density at radius 1 is 1.40 bits per heavy atom. The average molecular weight is 222 g/mol. The second kappa shape index (κ2) is 4.36. The lowest BCUT2D eigenvalue weighted by atomic mass is 10.2. The van der Waals surface area contributed by atoms with Crippen molar-refractivity contribution in [3.63, 3.8) is 0 Å². The highest BCUT2D eigenvalue weighted by molar-refractivity contribution is 6.33. The fraction of sp³-hybridized carbons (Fsp3) is 0.182. The minimum atomic E-state index is 0.698. The Morgan fingerprint density at radius 3 is 3.00 bits per heavy atom. The minimum Gasteiger partial charge on any atom is -0.378 e. The highest BCUT2D eigenvalue weighted by atomic mass is 35.5. The standard InChI is InChI=1S/C11H12ClN3/c1-8-3-2-4-10(11(8)12)13-7-9-5-6-14-15-9/h2-6,13H,7H2,1H3,(H,14,15). The predicted octanol–water partition coefficient (Wildman–Crippen LogP) is 2.98. The molecule has 0 saturated carbocycles. The van der Waals surface area contributed by atoms with E-state index < -0.39 is 0 Å². The van der Waals surface area contributed by atoms with Crippen molar-refractivity contribution in [2.45, 2.75) is 13.5 Å². The molecule has 0 radical (unpaired) electrons. The number of hydrogen-bond acceptors (Lipinski definition) is 2. The molecule has 2 aromatic rings. The molecule has 0 unspecified atom stereocenters. The Labute approximate surface area is 93.5 Å². The van der Waals surface area contributed by atoms with Gasteiger partial charge in [0.1, 0.15) is 0 Å². The van der Waals surface area contributed by atoms with E-state index in [1.54, 1.807) is 6.20 Å². The van der Waals surface area contributed by atoms with Crippen LogP contribution in [-0.2, 0) is 6.54 Å². The first-order valence-corrected chi connectivity index (χ1v) is 5.12. The molecule has 0 saturated heterocycles. The van der Waals surface area contributed by atoms with Crippen molar-refractivity contribution >= 4 is 17.3 Å². The Kier molecular flexibility index (Phi) is 2.92. The summed E-state index contributed by atoms with van der Waals surface area (Å²) in [7, 11) is 0.